The monoisotopic (exact) mass is 332 g/mol. The summed E-state index contributed by atoms with van der Waals surface area (Å²) in [6.45, 7) is 1.98. The first-order valence-electron chi connectivity index (χ1n) is 6.21. The number of halogens is 1. The third-order valence-corrected chi connectivity index (χ3v) is 4.46. The lowest BCUT2D eigenvalue weighted by Crippen LogP contribution is -2.01. The molecule has 2 aromatic carbocycles. The van der Waals surface area contributed by atoms with Crippen LogP contribution < -0.4 is 5.69 Å². The fourth-order valence-electron chi connectivity index (χ4n) is 2.28. The second-order valence-corrected chi connectivity index (χ2v) is 5.56. The topological polar surface area (TPSA) is 68.9 Å². The van der Waals surface area contributed by atoms with Gasteiger partial charge in [0.1, 0.15) is 6.10 Å². The maximum Gasteiger partial charge on any atom is 0.323 e. The van der Waals surface area contributed by atoms with Crippen LogP contribution in [0, 0.1) is 6.92 Å². The van der Waals surface area contributed by atoms with Crippen LogP contribution in [0.4, 0.5) is 0 Å². The Morgan fingerprint density at radius 2 is 1.90 bits per heavy atom. The summed E-state index contributed by atoms with van der Waals surface area (Å²) < 4.78 is 0.898. The highest BCUT2D eigenvalue weighted by molar-refractivity contribution is 9.10. The van der Waals surface area contributed by atoms with E-state index in [1.165, 1.54) is 0 Å². The largest absolute Gasteiger partial charge is 0.384 e. The van der Waals surface area contributed by atoms with E-state index in [0.717, 1.165) is 26.7 Å². The first-order chi connectivity index (χ1) is 9.56. The molecule has 0 radical (unpaired) electrons. The number of hydrogen-bond acceptors (Lipinski definition) is 2. The van der Waals surface area contributed by atoms with Gasteiger partial charge < -0.3 is 15.1 Å². The number of aromatic amines is 2. The van der Waals surface area contributed by atoms with Gasteiger partial charge in [0.05, 0.1) is 11.0 Å². The van der Waals surface area contributed by atoms with E-state index in [9.17, 15) is 9.90 Å². The molecule has 3 rings (SSSR count). The van der Waals surface area contributed by atoms with E-state index in [-0.39, 0.29) is 5.69 Å². The van der Waals surface area contributed by atoms with Gasteiger partial charge in [0.25, 0.3) is 0 Å². The van der Waals surface area contributed by atoms with Crippen molar-refractivity contribution in [3.63, 3.8) is 0 Å². The maximum atomic E-state index is 11.3. The summed E-state index contributed by atoms with van der Waals surface area (Å²) in [7, 11) is 0. The number of aryl methyl sites for hydroxylation is 1. The summed E-state index contributed by atoms with van der Waals surface area (Å²) in [6.07, 6.45) is -0.743. The van der Waals surface area contributed by atoms with E-state index in [0.29, 0.717) is 5.52 Å². The molecule has 1 heterocycles. The highest BCUT2D eigenvalue weighted by atomic mass is 79.9. The molecule has 3 N–H and O–H groups in total. The zero-order valence-electron chi connectivity index (χ0n) is 10.8. The zero-order chi connectivity index (χ0) is 14.3. The van der Waals surface area contributed by atoms with Crippen LogP contribution in [0.5, 0.6) is 0 Å². The van der Waals surface area contributed by atoms with Crippen molar-refractivity contribution in [2.24, 2.45) is 0 Å². The molecule has 0 aliphatic carbocycles. The van der Waals surface area contributed by atoms with Gasteiger partial charge in [-0.3, -0.25) is 0 Å². The molecule has 5 heteroatoms. The lowest BCUT2D eigenvalue weighted by atomic mass is 9.99. The van der Waals surface area contributed by atoms with Crippen LogP contribution >= 0.6 is 15.9 Å². The standard InChI is InChI=1S/C15H13BrN2O2/c1-8-3-2-4-10(13(8)16)14(19)9-5-6-11-12(7-9)18-15(20)17-11/h2-7,14,19H,1H3,(H2,17,18,20). The van der Waals surface area contributed by atoms with Crippen molar-refractivity contribution >= 4 is 27.0 Å². The average Bonchev–Trinajstić information content (AvgIpc) is 2.80. The minimum atomic E-state index is -0.743. The van der Waals surface area contributed by atoms with Gasteiger partial charge >= 0.3 is 5.69 Å². The van der Waals surface area contributed by atoms with Crippen LogP contribution in [0.15, 0.2) is 45.7 Å². The molecule has 0 aliphatic rings. The molecule has 0 bridgehead atoms. The molecule has 0 spiro atoms. The van der Waals surface area contributed by atoms with Gasteiger partial charge in [0.15, 0.2) is 0 Å². The van der Waals surface area contributed by atoms with E-state index < -0.39 is 6.10 Å². The fourth-order valence-corrected chi connectivity index (χ4v) is 2.76. The molecule has 0 saturated carbocycles. The zero-order valence-corrected chi connectivity index (χ0v) is 12.4. The molecule has 0 aliphatic heterocycles. The molecule has 4 nitrogen and oxygen atoms in total. The van der Waals surface area contributed by atoms with Crippen LogP contribution in [0.1, 0.15) is 22.8 Å². The molecular formula is C15H13BrN2O2. The SMILES string of the molecule is Cc1cccc(C(O)c2ccc3[nH]c(=O)[nH]c3c2)c1Br. The van der Waals surface area contributed by atoms with Crippen molar-refractivity contribution in [1.82, 2.24) is 9.97 Å². The van der Waals surface area contributed by atoms with Gasteiger partial charge in [0.2, 0.25) is 0 Å². The number of benzene rings is 2. The van der Waals surface area contributed by atoms with E-state index in [4.69, 9.17) is 0 Å². The number of aliphatic hydroxyl groups is 1. The smallest absolute Gasteiger partial charge is 0.323 e. The molecule has 0 saturated heterocycles. The minimum Gasteiger partial charge on any atom is -0.384 e. The van der Waals surface area contributed by atoms with E-state index in [1.54, 1.807) is 12.1 Å². The molecule has 0 amide bonds. The quantitative estimate of drug-likeness (QED) is 0.675. The Kier molecular flexibility index (Phi) is 3.23. The second-order valence-electron chi connectivity index (χ2n) is 4.76. The normalized spacial score (nSPS) is 12.8. The number of nitrogens with one attached hydrogen (secondary N) is 2. The highest BCUT2D eigenvalue weighted by Gasteiger charge is 2.15. The Balaban J connectivity index is 2.09. The van der Waals surface area contributed by atoms with Gasteiger partial charge in [-0.05, 0) is 35.7 Å². The molecule has 1 aromatic heterocycles. The highest BCUT2D eigenvalue weighted by Crippen LogP contribution is 2.31. The fraction of sp³-hybridized carbons (Fsp3) is 0.133. The maximum absolute atomic E-state index is 11.3. The van der Waals surface area contributed by atoms with Crippen LogP contribution in [0.3, 0.4) is 0 Å². The summed E-state index contributed by atoms with van der Waals surface area (Å²) in [6, 6.07) is 11.2. The van der Waals surface area contributed by atoms with Crippen LogP contribution in [0.25, 0.3) is 11.0 Å². The third-order valence-electron chi connectivity index (χ3n) is 3.37. The molecule has 1 atom stereocenters. The molecular weight excluding hydrogens is 320 g/mol. The number of aromatic nitrogens is 2. The van der Waals surface area contributed by atoms with Crippen molar-refractivity contribution in [2.45, 2.75) is 13.0 Å². The molecule has 3 aromatic rings. The number of imidazole rings is 1. The van der Waals surface area contributed by atoms with E-state index >= 15 is 0 Å². The molecule has 20 heavy (non-hydrogen) atoms. The number of fused-ring (bicyclic) bond motifs is 1. The first-order valence-corrected chi connectivity index (χ1v) is 7.00. The van der Waals surface area contributed by atoms with Crippen molar-refractivity contribution in [1.29, 1.82) is 0 Å². The van der Waals surface area contributed by atoms with E-state index in [2.05, 4.69) is 25.9 Å². The van der Waals surface area contributed by atoms with Crippen LogP contribution in [0.2, 0.25) is 0 Å². The van der Waals surface area contributed by atoms with Gasteiger partial charge in [-0.2, -0.15) is 0 Å². The Bertz CT molecular complexity index is 835. The Hall–Kier alpha value is -1.85. The summed E-state index contributed by atoms with van der Waals surface area (Å²) in [5, 5.41) is 10.5. The lowest BCUT2D eigenvalue weighted by molar-refractivity contribution is 0.219. The molecule has 1 unspecified atom stereocenters. The molecule has 102 valence electrons. The van der Waals surface area contributed by atoms with Crippen LogP contribution in [-0.4, -0.2) is 15.1 Å². The number of H-pyrrole nitrogens is 2. The van der Waals surface area contributed by atoms with Crippen molar-refractivity contribution in [2.75, 3.05) is 0 Å². The van der Waals surface area contributed by atoms with Crippen molar-refractivity contribution < 1.29 is 5.11 Å². The van der Waals surface area contributed by atoms with Gasteiger partial charge in [-0.25, -0.2) is 4.79 Å². The Morgan fingerprint density at radius 1 is 1.15 bits per heavy atom. The first kappa shape index (κ1) is 13.1. The van der Waals surface area contributed by atoms with Gasteiger partial charge in [0, 0.05) is 4.47 Å². The Morgan fingerprint density at radius 3 is 2.70 bits per heavy atom. The van der Waals surface area contributed by atoms with Crippen molar-refractivity contribution in [3.8, 4) is 0 Å². The minimum absolute atomic E-state index is 0.247. The number of aliphatic hydroxyl groups excluding tert-OH is 1. The number of rotatable bonds is 2. The predicted octanol–water partition coefficient (Wildman–Crippen LogP) is 3.01. The van der Waals surface area contributed by atoms with Crippen LogP contribution in [-0.2, 0) is 0 Å². The predicted molar refractivity (Wildman–Crippen MR) is 81.9 cm³/mol. The van der Waals surface area contributed by atoms with Crippen molar-refractivity contribution in [3.05, 3.63) is 68.0 Å². The summed E-state index contributed by atoms with van der Waals surface area (Å²) in [5.41, 5.74) is 3.78. The third kappa shape index (κ3) is 2.19. The lowest BCUT2D eigenvalue weighted by Gasteiger charge is -2.14. The number of hydrogen-bond donors (Lipinski definition) is 3. The van der Waals surface area contributed by atoms with Gasteiger partial charge in [-0.1, -0.05) is 40.2 Å². The van der Waals surface area contributed by atoms with Gasteiger partial charge in [-0.15, -0.1) is 0 Å². The average molecular weight is 333 g/mol. The summed E-state index contributed by atoms with van der Waals surface area (Å²) >= 11 is 3.51. The Labute approximate surface area is 123 Å². The summed E-state index contributed by atoms with van der Waals surface area (Å²) in [5.74, 6) is 0. The summed E-state index contributed by atoms with van der Waals surface area (Å²) in [4.78, 5) is 16.6. The molecule has 0 fully saturated rings. The van der Waals surface area contributed by atoms with E-state index in [1.807, 2.05) is 31.2 Å². The second kappa shape index (κ2) is 4.92.